The first kappa shape index (κ1) is 14.4. The van der Waals surface area contributed by atoms with E-state index >= 15 is 0 Å². The average molecular weight is 286 g/mol. The van der Waals surface area contributed by atoms with E-state index in [9.17, 15) is 12.8 Å². The Morgan fingerprint density at radius 3 is 2.26 bits per heavy atom. The molecule has 19 heavy (non-hydrogen) atoms. The van der Waals surface area contributed by atoms with Crippen LogP contribution in [0.15, 0.2) is 24.3 Å². The number of rotatable bonds is 4. The number of halogens is 1. The van der Waals surface area contributed by atoms with Gasteiger partial charge < -0.3 is 0 Å². The molecular weight excluding hydrogens is 267 g/mol. The van der Waals surface area contributed by atoms with Gasteiger partial charge in [0, 0.05) is 26.2 Å². The monoisotopic (exact) mass is 286 g/mol. The summed E-state index contributed by atoms with van der Waals surface area (Å²) in [6.07, 6.45) is 1.83. The minimum absolute atomic E-state index is 0.314. The molecule has 0 saturated carbocycles. The lowest BCUT2D eigenvalue weighted by molar-refractivity contribution is 0.350. The molecule has 0 spiro atoms. The largest absolute Gasteiger partial charge is 0.282 e. The van der Waals surface area contributed by atoms with Gasteiger partial charge in [-0.3, -0.25) is 0 Å². The van der Waals surface area contributed by atoms with Gasteiger partial charge in [0.2, 0.25) is 0 Å². The van der Waals surface area contributed by atoms with Crippen molar-refractivity contribution in [3.8, 4) is 0 Å². The van der Waals surface area contributed by atoms with Gasteiger partial charge in [0.25, 0.3) is 10.2 Å². The summed E-state index contributed by atoms with van der Waals surface area (Å²) in [5.74, 6) is -0.319. The third-order valence-corrected chi connectivity index (χ3v) is 5.71. The summed E-state index contributed by atoms with van der Waals surface area (Å²) in [6.45, 7) is 2.98. The highest BCUT2D eigenvalue weighted by molar-refractivity contribution is 7.86. The van der Waals surface area contributed by atoms with Gasteiger partial charge in [-0.2, -0.15) is 17.0 Å². The molecule has 1 heterocycles. The zero-order chi connectivity index (χ0) is 14.0. The maximum Gasteiger partial charge on any atom is 0.282 e. The van der Waals surface area contributed by atoms with Crippen molar-refractivity contribution in [3.05, 3.63) is 35.6 Å². The Labute approximate surface area is 114 Å². The maximum absolute atomic E-state index is 12.9. The van der Waals surface area contributed by atoms with Crippen molar-refractivity contribution >= 4 is 10.2 Å². The fourth-order valence-corrected chi connectivity index (χ4v) is 3.86. The van der Waals surface area contributed by atoms with Crippen LogP contribution in [0.5, 0.6) is 0 Å². The van der Waals surface area contributed by atoms with Gasteiger partial charge in [-0.25, -0.2) is 4.39 Å². The number of hydrogen-bond acceptors (Lipinski definition) is 2. The van der Waals surface area contributed by atoms with Crippen LogP contribution >= 0.6 is 0 Å². The first-order chi connectivity index (χ1) is 8.93. The smallest absolute Gasteiger partial charge is 0.207 e. The van der Waals surface area contributed by atoms with Crippen LogP contribution in [-0.4, -0.2) is 37.2 Å². The summed E-state index contributed by atoms with van der Waals surface area (Å²) >= 11 is 0. The van der Waals surface area contributed by atoms with Gasteiger partial charge in [-0.1, -0.05) is 12.1 Å². The summed E-state index contributed by atoms with van der Waals surface area (Å²) in [5.41, 5.74) is 0.784. The third-order valence-electron chi connectivity index (χ3n) is 3.65. The van der Waals surface area contributed by atoms with E-state index in [-0.39, 0.29) is 11.9 Å². The van der Waals surface area contributed by atoms with Crippen LogP contribution in [-0.2, 0) is 10.2 Å². The van der Waals surface area contributed by atoms with E-state index in [0.29, 0.717) is 13.1 Å². The Morgan fingerprint density at radius 1 is 1.21 bits per heavy atom. The van der Waals surface area contributed by atoms with Crippen molar-refractivity contribution in [1.29, 1.82) is 0 Å². The van der Waals surface area contributed by atoms with E-state index in [4.69, 9.17) is 0 Å². The highest BCUT2D eigenvalue weighted by Crippen LogP contribution is 2.25. The van der Waals surface area contributed by atoms with E-state index < -0.39 is 10.2 Å². The van der Waals surface area contributed by atoms with E-state index in [1.165, 1.54) is 20.7 Å². The van der Waals surface area contributed by atoms with E-state index in [1.54, 1.807) is 26.1 Å². The van der Waals surface area contributed by atoms with Crippen molar-refractivity contribution in [3.63, 3.8) is 0 Å². The third kappa shape index (κ3) is 2.96. The predicted molar refractivity (Wildman–Crippen MR) is 72.3 cm³/mol. The lowest BCUT2D eigenvalue weighted by Crippen LogP contribution is -2.41. The standard InChI is InChI=1S/C13H19FN2O2S/c1-11(12-5-7-13(14)8-6-12)15(2)19(17,18)16-9-3-4-10-16/h5-8,11H,3-4,9-10H2,1-2H3. The Bertz CT molecular complexity index is 524. The molecule has 0 N–H and O–H groups in total. The lowest BCUT2D eigenvalue weighted by atomic mass is 10.1. The highest BCUT2D eigenvalue weighted by Gasteiger charge is 2.32. The van der Waals surface area contributed by atoms with Crippen LogP contribution in [0.25, 0.3) is 0 Å². The van der Waals surface area contributed by atoms with Gasteiger partial charge in [-0.15, -0.1) is 0 Å². The Morgan fingerprint density at radius 2 is 1.74 bits per heavy atom. The highest BCUT2D eigenvalue weighted by atomic mass is 32.2. The molecule has 1 unspecified atom stereocenters. The van der Waals surface area contributed by atoms with Crippen molar-refractivity contribution in [2.75, 3.05) is 20.1 Å². The fourth-order valence-electron chi connectivity index (χ4n) is 2.25. The van der Waals surface area contributed by atoms with Crippen LogP contribution in [0.2, 0.25) is 0 Å². The second-order valence-corrected chi connectivity index (χ2v) is 6.85. The molecule has 6 heteroatoms. The van der Waals surface area contributed by atoms with Gasteiger partial charge in [0.15, 0.2) is 0 Å². The van der Waals surface area contributed by atoms with E-state index in [2.05, 4.69) is 0 Å². The zero-order valence-electron chi connectivity index (χ0n) is 11.2. The van der Waals surface area contributed by atoms with Crippen molar-refractivity contribution in [2.45, 2.75) is 25.8 Å². The first-order valence-electron chi connectivity index (χ1n) is 6.41. The molecule has 0 aromatic heterocycles. The first-order valence-corrected chi connectivity index (χ1v) is 7.81. The fraction of sp³-hybridized carbons (Fsp3) is 0.538. The molecule has 1 aromatic carbocycles. The molecule has 1 aliphatic heterocycles. The average Bonchev–Trinajstić information content (AvgIpc) is 2.92. The molecule has 0 amide bonds. The lowest BCUT2D eigenvalue weighted by Gasteiger charge is -2.28. The summed E-state index contributed by atoms with van der Waals surface area (Å²) in [7, 11) is -1.85. The van der Waals surface area contributed by atoms with Gasteiger partial charge in [-0.05, 0) is 37.5 Å². The van der Waals surface area contributed by atoms with Gasteiger partial charge in [0.05, 0.1) is 0 Å². The number of hydrogen-bond donors (Lipinski definition) is 0. The van der Waals surface area contributed by atoms with Crippen LogP contribution in [0.3, 0.4) is 0 Å². The Balaban J connectivity index is 2.18. The van der Waals surface area contributed by atoms with Crippen molar-refractivity contribution in [1.82, 2.24) is 8.61 Å². The van der Waals surface area contributed by atoms with Gasteiger partial charge in [0.1, 0.15) is 5.82 Å². The SMILES string of the molecule is CC(c1ccc(F)cc1)N(C)S(=O)(=O)N1CCCC1. The molecule has 0 bridgehead atoms. The van der Waals surface area contributed by atoms with Crippen molar-refractivity contribution < 1.29 is 12.8 Å². The molecule has 0 radical (unpaired) electrons. The number of benzene rings is 1. The summed E-state index contributed by atoms with van der Waals surface area (Å²) in [4.78, 5) is 0. The minimum Gasteiger partial charge on any atom is -0.207 e. The summed E-state index contributed by atoms with van der Waals surface area (Å²) in [6, 6.07) is 5.63. The second kappa shape index (κ2) is 5.56. The van der Waals surface area contributed by atoms with Crippen molar-refractivity contribution in [2.24, 2.45) is 0 Å². The molecule has 1 aromatic rings. The predicted octanol–water partition coefficient (Wildman–Crippen LogP) is 2.16. The van der Waals surface area contributed by atoms with Gasteiger partial charge >= 0.3 is 0 Å². The zero-order valence-corrected chi connectivity index (χ0v) is 12.0. The number of nitrogens with zero attached hydrogens (tertiary/aromatic N) is 2. The molecule has 0 aliphatic carbocycles. The molecule has 1 saturated heterocycles. The van der Waals surface area contributed by atoms with Crippen LogP contribution in [0, 0.1) is 5.82 Å². The molecule has 2 rings (SSSR count). The molecule has 1 atom stereocenters. The maximum atomic E-state index is 12.9. The Hall–Kier alpha value is -0.980. The molecule has 4 nitrogen and oxygen atoms in total. The quantitative estimate of drug-likeness (QED) is 0.851. The van der Waals surface area contributed by atoms with E-state index in [1.807, 2.05) is 0 Å². The molecule has 1 aliphatic rings. The summed E-state index contributed by atoms with van der Waals surface area (Å²) < 4.78 is 40.5. The van der Waals surface area contributed by atoms with Crippen LogP contribution in [0.4, 0.5) is 4.39 Å². The molecule has 106 valence electrons. The minimum atomic E-state index is -3.42. The van der Waals surface area contributed by atoms with Crippen LogP contribution in [0.1, 0.15) is 31.4 Å². The normalized spacial score (nSPS) is 18.9. The van der Waals surface area contributed by atoms with Crippen LogP contribution < -0.4 is 0 Å². The molecular formula is C13H19FN2O2S. The second-order valence-electron chi connectivity index (χ2n) is 4.86. The summed E-state index contributed by atoms with van der Waals surface area (Å²) in [5, 5.41) is 0. The topological polar surface area (TPSA) is 40.6 Å². The van der Waals surface area contributed by atoms with E-state index in [0.717, 1.165) is 18.4 Å². The molecule has 1 fully saturated rings. The Kier molecular flexibility index (Phi) is 4.23.